The molecular formula is C13H19NO2S. The molecule has 0 spiro atoms. The van der Waals surface area contributed by atoms with E-state index in [1.165, 1.54) is 0 Å². The monoisotopic (exact) mass is 253 g/mol. The van der Waals surface area contributed by atoms with Crippen molar-refractivity contribution in [2.75, 3.05) is 0 Å². The minimum Gasteiger partial charge on any atom is -0.478 e. The van der Waals surface area contributed by atoms with Gasteiger partial charge < -0.3 is 5.11 Å². The molecule has 0 unspecified atom stereocenters. The molecule has 0 aliphatic rings. The van der Waals surface area contributed by atoms with Crippen LogP contribution in [0.25, 0.3) is 0 Å². The van der Waals surface area contributed by atoms with Crippen molar-refractivity contribution in [3.63, 3.8) is 0 Å². The highest BCUT2D eigenvalue weighted by Crippen LogP contribution is 2.32. The second-order valence-electron chi connectivity index (χ2n) is 5.29. The fraction of sp³-hybridized carbons (Fsp3) is 0.538. The van der Waals surface area contributed by atoms with Gasteiger partial charge in [0.1, 0.15) is 0 Å². The molecule has 1 aromatic heterocycles. The fourth-order valence-electron chi connectivity index (χ4n) is 1.31. The summed E-state index contributed by atoms with van der Waals surface area (Å²) in [4.78, 5) is 15.6. The molecule has 94 valence electrons. The van der Waals surface area contributed by atoms with Crippen LogP contribution in [0.15, 0.2) is 17.2 Å². The molecule has 1 aromatic rings. The van der Waals surface area contributed by atoms with Gasteiger partial charge in [-0.1, -0.05) is 34.6 Å². The van der Waals surface area contributed by atoms with E-state index in [1.807, 2.05) is 13.8 Å². The lowest BCUT2D eigenvalue weighted by Gasteiger charge is -2.18. The zero-order chi connectivity index (χ0) is 13.2. The smallest absolute Gasteiger partial charge is 0.335 e. The van der Waals surface area contributed by atoms with Crippen LogP contribution in [0.2, 0.25) is 0 Å². The Morgan fingerprint density at radius 2 is 1.94 bits per heavy atom. The number of aromatic nitrogens is 1. The van der Waals surface area contributed by atoms with Crippen LogP contribution in [0.5, 0.6) is 0 Å². The number of hydrogen-bond donors (Lipinski definition) is 1. The van der Waals surface area contributed by atoms with Gasteiger partial charge in [0.2, 0.25) is 0 Å². The summed E-state index contributed by atoms with van der Waals surface area (Å²) in [6.07, 6.45) is 0. The van der Waals surface area contributed by atoms with Gasteiger partial charge in [-0.3, -0.25) is 0 Å². The summed E-state index contributed by atoms with van der Waals surface area (Å²) in [6.45, 7) is 10.3. The second-order valence-corrected chi connectivity index (χ2v) is 7.14. The van der Waals surface area contributed by atoms with Crippen molar-refractivity contribution in [3.05, 3.63) is 23.4 Å². The predicted molar refractivity (Wildman–Crippen MR) is 70.9 cm³/mol. The zero-order valence-corrected chi connectivity index (χ0v) is 11.8. The lowest BCUT2D eigenvalue weighted by atomic mass is 10.1. The first kappa shape index (κ1) is 14.0. The van der Waals surface area contributed by atoms with E-state index in [0.29, 0.717) is 5.56 Å². The Morgan fingerprint density at radius 1 is 1.35 bits per heavy atom. The molecule has 1 heterocycles. The molecule has 0 aliphatic carbocycles. The maximum absolute atomic E-state index is 11.1. The zero-order valence-electron chi connectivity index (χ0n) is 10.9. The van der Waals surface area contributed by atoms with E-state index >= 15 is 0 Å². The molecule has 0 aliphatic heterocycles. The van der Waals surface area contributed by atoms with Crippen molar-refractivity contribution >= 4 is 17.7 Å². The van der Waals surface area contributed by atoms with E-state index < -0.39 is 5.97 Å². The van der Waals surface area contributed by atoms with Crippen LogP contribution in [0.1, 0.15) is 56.6 Å². The van der Waals surface area contributed by atoms with E-state index in [0.717, 1.165) is 10.7 Å². The first-order valence-corrected chi connectivity index (χ1v) is 6.45. The molecular weight excluding hydrogens is 234 g/mol. The van der Waals surface area contributed by atoms with Crippen LogP contribution in [-0.2, 0) is 0 Å². The van der Waals surface area contributed by atoms with E-state index in [4.69, 9.17) is 5.11 Å². The van der Waals surface area contributed by atoms with Gasteiger partial charge in [-0.25, -0.2) is 9.78 Å². The van der Waals surface area contributed by atoms with Gasteiger partial charge in [-0.15, -0.1) is 11.8 Å². The number of thioether (sulfide) groups is 1. The van der Waals surface area contributed by atoms with Gasteiger partial charge in [0, 0.05) is 10.4 Å². The van der Waals surface area contributed by atoms with Gasteiger partial charge in [0.25, 0.3) is 0 Å². The molecule has 17 heavy (non-hydrogen) atoms. The molecule has 0 aromatic carbocycles. The third kappa shape index (κ3) is 4.38. The number of nitrogens with zero attached hydrogens (tertiary/aromatic N) is 1. The molecule has 1 N–H and O–H groups in total. The summed E-state index contributed by atoms with van der Waals surface area (Å²) in [5.41, 5.74) is 1.15. The Labute approximate surface area is 107 Å². The van der Waals surface area contributed by atoms with Crippen LogP contribution < -0.4 is 0 Å². The Bertz CT molecular complexity index is 422. The lowest BCUT2D eigenvalue weighted by molar-refractivity contribution is 0.0696. The van der Waals surface area contributed by atoms with Crippen molar-refractivity contribution in [3.8, 4) is 0 Å². The highest BCUT2D eigenvalue weighted by atomic mass is 32.2. The molecule has 0 bridgehead atoms. The molecule has 0 saturated carbocycles. The number of hydrogen-bond acceptors (Lipinski definition) is 3. The molecule has 4 heteroatoms. The molecule has 1 rings (SSSR count). The largest absolute Gasteiger partial charge is 0.478 e. The van der Waals surface area contributed by atoms with Crippen molar-refractivity contribution < 1.29 is 9.90 Å². The number of rotatable bonds is 3. The van der Waals surface area contributed by atoms with Crippen LogP contribution in [0, 0.1) is 0 Å². The van der Waals surface area contributed by atoms with Crippen LogP contribution in [-0.4, -0.2) is 20.8 Å². The predicted octanol–water partition coefficient (Wildman–Crippen LogP) is 3.79. The van der Waals surface area contributed by atoms with Gasteiger partial charge in [-0.05, 0) is 18.1 Å². The van der Waals surface area contributed by atoms with E-state index in [9.17, 15) is 4.79 Å². The van der Waals surface area contributed by atoms with Gasteiger partial charge >= 0.3 is 5.97 Å². The second kappa shape index (κ2) is 5.08. The Morgan fingerprint density at radius 3 is 2.35 bits per heavy atom. The standard InChI is InChI=1S/C13H19NO2S/c1-8(2)10-6-9(12(15)16)7-11(14-10)17-13(3,4)5/h6-8H,1-5H3,(H,15,16). The summed E-state index contributed by atoms with van der Waals surface area (Å²) < 4.78 is 0.0262. The molecule has 0 atom stereocenters. The van der Waals surface area contributed by atoms with E-state index in [-0.39, 0.29) is 10.7 Å². The summed E-state index contributed by atoms with van der Waals surface area (Å²) in [6, 6.07) is 3.30. The third-order valence-electron chi connectivity index (χ3n) is 2.07. The van der Waals surface area contributed by atoms with Crippen molar-refractivity contribution in [1.82, 2.24) is 4.98 Å². The van der Waals surface area contributed by atoms with Crippen molar-refractivity contribution in [2.24, 2.45) is 0 Å². The topological polar surface area (TPSA) is 50.2 Å². The fourth-order valence-corrected chi connectivity index (χ4v) is 2.28. The molecule has 0 saturated heterocycles. The van der Waals surface area contributed by atoms with E-state index in [1.54, 1.807) is 23.9 Å². The molecule has 0 amide bonds. The SMILES string of the molecule is CC(C)c1cc(C(=O)O)cc(SC(C)(C)C)n1. The summed E-state index contributed by atoms with van der Waals surface area (Å²) in [7, 11) is 0. The number of carboxylic acid groups (broad SMARTS) is 1. The Kier molecular flexibility index (Phi) is 4.20. The van der Waals surface area contributed by atoms with Crippen molar-refractivity contribution in [2.45, 2.75) is 50.3 Å². The number of aromatic carboxylic acids is 1. The summed E-state index contributed by atoms with van der Waals surface area (Å²) >= 11 is 1.59. The van der Waals surface area contributed by atoms with E-state index in [2.05, 4.69) is 25.8 Å². The highest BCUT2D eigenvalue weighted by Gasteiger charge is 2.16. The van der Waals surface area contributed by atoms with Crippen LogP contribution in [0.4, 0.5) is 0 Å². The minimum absolute atomic E-state index is 0.0262. The quantitative estimate of drug-likeness (QED) is 0.833. The maximum atomic E-state index is 11.1. The maximum Gasteiger partial charge on any atom is 0.335 e. The van der Waals surface area contributed by atoms with Crippen LogP contribution >= 0.6 is 11.8 Å². The number of carboxylic acids is 1. The minimum atomic E-state index is -0.898. The van der Waals surface area contributed by atoms with Gasteiger partial charge in [-0.2, -0.15) is 0 Å². The number of carbonyl (C=O) groups is 1. The molecule has 0 radical (unpaired) electrons. The first-order valence-electron chi connectivity index (χ1n) is 5.63. The normalized spacial score (nSPS) is 11.9. The highest BCUT2D eigenvalue weighted by molar-refractivity contribution is 8.00. The van der Waals surface area contributed by atoms with Gasteiger partial charge in [0.05, 0.1) is 10.6 Å². The Hall–Kier alpha value is -1.03. The first-order chi connectivity index (χ1) is 7.69. The number of pyridine rings is 1. The Balaban J connectivity index is 3.17. The van der Waals surface area contributed by atoms with Crippen molar-refractivity contribution in [1.29, 1.82) is 0 Å². The molecule has 3 nitrogen and oxygen atoms in total. The third-order valence-corrected chi connectivity index (χ3v) is 3.10. The van der Waals surface area contributed by atoms with Crippen LogP contribution in [0.3, 0.4) is 0 Å². The summed E-state index contributed by atoms with van der Waals surface area (Å²) in [5, 5.41) is 9.86. The summed E-state index contributed by atoms with van der Waals surface area (Å²) in [5.74, 6) is -0.668. The lowest BCUT2D eigenvalue weighted by Crippen LogP contribution is -2.09. The molecule has 0 fully saturated rings. The average Bonchev–Trinajstić information content (AvgIpc) is 2.14. The van der Waals surface area contributed by atoms with Gasteiger partial charge in [0.15, 0.2) is 0 Å². The average molecular weight is 253 g/mol.